The fourth-order valence-electron chi connectivity index (χ4n) is 4.61. The smallest absolute Gasteiger partial charge is 0.311 e. The van der Waals surface area contributed by atoms with Crippen molar-refractivity contribution in [1.82, 2.24) is 0 Å². The van der Waals surface area contributed by atoms with Gasteiger partial charge in [0.2, 0.25) is 0 Å². The van der Waals surface area contributed by atoms with E-state index in [9.17, 15) is 19.8 Å². The van der Waals surface area contributed by atoms with Crippen LogP contribution in [0.3, 0.4) is 0 Å². The third-order valence-corrected chi connectivity index (χ3v) is 5.73. The minimum atomic E-state index is -1.24. The van der Waals surface area contributed by atoms with Crippen LogP contribution in [0.5, 0.6) is 0 Å². The molecule has 4 nitrogen and oxygen atoms in total. The van der Waals surface area contributed by atoms with Crippen molar-refractivity contribution >= 4 is 11.9 Å². The van der Waals surface area contributed by atoms with E-state index in [1.165, 1.54) is 0 Å². The molecule has 4 heteroatoms. The van der Waals surface area contributed by atoms with Crippen molar-refractivity contribution in [2.24, 2.45) is 28.1 Å². The van der Waals surface area contributed by atoms with Crippen molar-refractivity contribution in [3.05, 3.63) is 12.2 Å². The van der Waals surface area contributed by atoms with Crippen molar-refractivity contribution in [3.63, 3.8) is 0 Å². The van der Waals surface area contributed by atoms with E-state index in [0.29, 0.717) is 25.2 Å². The lowest BCUT2D eigenvalue weighted by molar-refractivity contribution is -0.182. The molecule has 1 rings (SSSR count). The van der Waals surface area contributed by atoms with Crippen LogP contribution < -0.4 is 0 Å². The maximum absolute atomic E-state index is 12.3. The summed E-state index contributed by atoms with van der Waals surface area (Å²) in [4.78, 5) is 24.5. The van der Waals surface area contributed by atoms with Crippen LogP contribution in [-0.4, -0.2) is 22.2 Å². The Morgan fingerprint density at radius 1 is 1.04 bits per heavy atom. The lowest BCUT2D eigenvalue weighted by atomic mass is 9.51. The molecule has 3 atom stereocenters. The minimum Gasteiger partial charge on any atom is -0.481 e. The zero-order valence-corrected chi connectivity index (χ0v) is 16.1. The first kappa shape index (κ1) is 20.7. The molecule has 0 aromatic heterocycles. The first-order chi connectivity index (χ1) is 10.9. The van der Waals surface area contributed by atoms with Crippen LogP contribution in [0.15, 0.2) is 12.2 Å². The Hall–Kier alpha value is -1.32. The highest BCUT2D eigenvalue weighted by Crippen LogP contribution is 2.56. The van der Waals surface area contributed by atoms with Gasteiger partial charge in [0.1, 0.15) is 0 Å². The number of carboxylic acid groups (broad SMARTS) is 2. The maximum Gasteiger partial charge on any atom is 0.311 e. The molecule has 0 amide bonds. The second kappa shape index (κ2) is 7.28. The van der Waals surface area contributed by atoms with Gasteiger partial charge in [-0.05, 0) is 49.4 Å². The Balaban J connectivity index is 3.19. The molecule has 138 valence electrons. The van der Waals surface area contributed by atoms with Crippen LogP contribution in [0.1, 0.15) is 73.6 Å². The maximum atomic E-state index is 12.3. The molecule has 24 heavy (non-hydrogen) atoms. The third kappa shape index (κ3) is 3.84. The fourth-order valence-corrected chi connectivity index (χ4v) is 4.61. The van der Waals surface area contributed by atoms with E-state index >= 15 is 0 Å². The number of aliphatic carboxylic acids is 2. The lowest BCUT2D eigenvalue weighted by Crippen LogP contribution is -2.56. The summed E-state index contributed by atoms with van der Waals surface area (Å²) in [6.45, 7) is 12.3. The highest BCUT2D eigenvalue weighted by molar-refractivity contribution is 5.87. The molecule has 0 aromatic carbocycles. The number of carboxylic acids is 2. The average Bonchev–Trinajstić information content (AvgIpc) is 2.42. The number of carbonyl (C=O) groups is 2. The van der Waals surface area contributed by atoms with Crippen molar-refractivity contribution in [3.8, 4) is 0 Å². The van der Waals surface area contributed by atoms with Gasteiger partial charge >= 0.3 is 11.9 Å². The molecule has 0 heterocycles. The van der Waals surface area contributed by atoms with E-state index in [1.807, 2.05) is 26.0 Å². The van der Waals surface area contributed by atoms with Gasteiger partial charge in [0, 0.05) is 0 Å². The third-order valence-electron chi connectivity index (χ3n) is 5.73. The molecule has 0 bridgehead atoms. The molecule has 1 aliphatic rings. The Labute approximate surface area is 146 Å². The average molecular weight is 338 g/mol. The summed E-state index contributed by atoms with van der Waals surface area (Å²) in [5.74, 6) is -1.82. The zero-order chi connectivity index (χ0) is 18.8. The number of rotatable bonds is 7. The molecule has 1 aliphatic carbocycles. The first-order valence-corrected chi connectivity index (χ1v) is 9.01. The molecular formula is C20H34O4. The standard InChI is InChI=1S/C20H34O4/c1-14(2)20(17(23)24)11-8-7-10-19(20,16(21)22)12-9-15(3)13-18(4,5)6/h7-8,14-15H,9-13H2,1-6H3,(H,21,22)(H,23,24). The molecule has 0 aromatic rings. The summed E-state index contributed by atoms with van der Waals surface area (Å²) in [5, 5.41) is 20.1. The largest absolute Gasteiger partial charge is 0.481 e. The molecule has 0 aliphatic heterocycles. The molecule has 0 spiro atoms. The molecule has 0 radical (unpaired) electrons. The van der Waals surface area contributed by atoms with E-state index in [0.717, 1.165) is 12.8 Å². The number of allylic oxidation sites excluding steroid dienone is 2. The minimum absolute atomic E-state index is 0.185. The fraction of sp³-hybridized carbons (Fsp3) is 0.800. The van der Waals surface area contributed by atoms with Crippen molar-refractivity contribution in [1.29, 1.82) is 0 Å². The second-order valence-electron chi connectivity index (χ2n) is 9.11. The Kier molecular flexibility index (Phi) is 6.29. The topological polar surface area (TPSA) is 74.6 Å². The molecule has 0 fully saturated rings. The number of hydrogen-bond donors (Lipinski definition) is 2. The Morgan fingerprint density at radius 3 is 2.00 bits per heavy atom. The lowest BCUT2D eigenvalue weighted by Gasteiger charge is -2.49. The summed E-state index contributed by atoms with van der Waals surface area (Å²) < 4.78 is 0. The van der Waals surface area contributed by atoms with Crippen LogP contribution >= 0.6 is 0 Å². The van der Waals surface area contributed by atoms with Gasteiger partial charge in [-0.25, -0.2) is 0 Å². The summed E-state index contributed by atoms with van der Waals surface area (Å²) >= 11 is 0. The van der Waals surface area contributed by atoms with E-state index < -0.39 is 22.8 Å². The second-order valence-corrected chi connectivity index (χ2v) is 9.11. The SMILES string of the molecule is CC(CCC1(C(=O)O)CC=CCC1(C(=O)O)C(C)C)CC(C)(C)C. The highest BCUT2D eigenvalue weighted by Gasteiger charge is 2.62. The van der Waals surface area contributed by atoms with E-state index in [4.69, 9.17) is 0 Å². The van der Waals surface area contributed by atoms with Gasteiger partial charge in [-0.2, -0.15) is 0 Å². The van der Waals surface area contributed by atoms with Gasteiger partial charge in [-0.3, -0.25) is 9.59 Å². The Bertz CT molecular complexity index is 500. The molecular weight excluding hydrogens is 304 g/mol. The van der Waals surface area contributed by atoms with Crippen LogP contribution in [-0.2, 0) is 9.59 Å². The first-order valence-electron chi connectivity index (χ1n) is 9.01. The predicted molar refractivity (Wildman–Crippen MR) is 95.8 cm³/mol. The van der Waals surface area contributed by atoms with Gasteiger partial charge in [-0.1, -0.05) is 53.7 Å². The van der Waals surface area contributed by atoms with Crippen molar-refractivity contribution in [2.75, 3.05) is 0 Å². The molecule has 2 N–H and O–H groups in total. The van der Waals surface area contributed by atoms with Crippen LogP contribution in [0.2, 0.25) is 0 Å². The van der Waals surface area contributed by atoms with Crippen LogP contribution in [0.4, 0.5) is 0 Å². The zero-order valence-electron chi connectivity index (χ0n) is 16.1. The van der Waals surface area contributed by atoms with Gasteiger partial charge < -0.3 is 10.2 Å². The predicted octanol–water partition coefficient (Wildman–Crippen LogP) is 4.99. The van der Waals surface area contributed by atoms with Crippen molar-refractivity contribution in [2.45, 2.75) is 73.6 Å². The molecule has 3 unspecified atom stereocenters. The van der Waals surface area contributed by atoms with Gasteiger partial charge in [0.15, 0.2) is 0 Å². The summed E-state index contributed by atoms with van der Waals surface area (Å²) in [5.41, 5.74) is -2.28. The van der Waals surface area contributed by atoms with Gasteiger partial charge in [0.25, 0.3) is 0 Å². The molecule has 0 saturated carbocycles. The van der Waals surface area contributed by atoms with Crippen LogP contribution in [0.25, 0.3) is 0 Å². The van der Waals surface area contributed by atoms with E-state index in [-0.39, 0.29) is 11.3 Å². The number of hydrogen-bond acceptors (Lipinski definition) is 2. The van der Waals surface area contributed by atoms with Gasteiger partial charge in [-0.15, -0.1) is 0 Å². The van der Waals surface area contributed by atoms with Gasteiger partial charge in [0.05, 0.1) is 10.8 Å². The quantitative estimate of drug-likeness (QED) is 0.641. The summed E-state index contributed by atoms with van der Waals surface area (Å²) in [6, 6.07) is 0. The van der Waals surface area contributed by atoms with Crippen molar-refractivity contribution < 1.29 is 19.8 Å². The normalized spacial score (nSPS) is 28.8. The van der Waals surface area contributed by atoms with Crippen LogP contribution in [0, 0.1) is 28.1 Å². The summed E-state index contributed by atoms with van der Waals surface area (Å²) in [6.07, 6.45) is 6.43. The molecule has 0 saturated heterocycles. The van der Waals surface area contributed by atoms with E-state index in [1.54, 1.807) is 0 Å². The monoisotopic (exact) mass is 338 g/mol. The van der Waals surface area contributed by atoms with E-state index in [2.05, 4.69) is 27.7 Å². The Morgan fingerprint density at radius 2 is 1.58 bits per heavy atom. The summed E-state index contributed by atoms with van der Waals surface area (Å²) in [7, 11) is 0. The highest BCUT2D eigenvalue weighted by atomic mass is 16.4.